The van der Waals surface area contributed by atoms with Gasteiger partial charge in [-0.1, -0.05) is 28.1 Å². The van der Waals surface area contributed by atoms with E-state index in [1.54, 1.807) is 0 Å². The maximum atomic E-state index is 3.63. The molecule has 1 aromatic carbocycles. The van der Waals surface area contributed by atoms with Crippen LogP contribution < -0.4 is 5.32 Å². The number of nitrogens with one attached hydrogen (secondary N) is 1. The molecule has 1 unspecified atom stereocenters. The molecule has 98 valence electrons. The first-order valence-corrected chi connectivity index (χ1v) is 7.64. The van der Waals surface area contributed by atoms with Crippen LogP contribution >= 0.6 is 15.9 Å². The molecule has 2 aliphatic heterocycles. The van der Waals surface area contributed by atoms with E-state index in [4.69, 9.17) is 0 Å². The van der Waals surface area contributed by atoms with E-state index < -0.39 is 0 Å². The molecular weight excluding hydrogens is 288 g/mol. The Bertz CT molecular complexity index is 438. The Labute approximate surface area is 118 Å². The van der Waals surface area contributed by atoms with Crippen molar-refractivity contribution in [2.45, 2.75) is 26.3 Å². The van der Waals surface area contributed by atoms with Gasteiger partial charge in [0.05, 0.1) is 0 Å². The van der Waals surface area contributed by atoms with Crippen LogP contribution in [0.15, 0.2) is 22.7 Å². The lowest BCUT2D eigenvalue weighted by Crippen LogP contribution is -2.28. The summed E-state index contributed by atoms with van der Waals surface area (Å²) in [5.41, 5.74) is 3.33. The largest absolute Gasteiger partial charge is 0.316 e. The summed E-state index contributed by atoms with van der Waals surface area (Å²) in [6.45, 7) is 8.20. The van der Waals surface area contributed by atoms with Gasteiger partial charge in [0, 0.05) is 24.1 Å². The Kier molecular flexibility index (Phi) is 3.48. The van der Waals surface area contributed by atoms with Gasteiger partial charge in [0.2, 0.25) is 0 Å². The minimum atomic E-state index is 0.585. The van der Waals surface area contributed by atoms with E-state index in [0.29, 0.717) is 5.41 Å². The normalized spacial score (nSPS) is 28.3. The van der Waals surface area contributed by atoms with Gasteiger partial charge in [0.15, 0.2) is 0 Å². The molecule has 18 heavy (non-hydrogen) atoms. The Morgan fingerprint density at radius 1 is 1.39 bits per heavy atom. The molecular formula is C15H21BrN2. The summed E-state index contributed by atoms with van der Waals surface area (Å²) in [6.07, 6.45) is 2.73. The molecule has 2 nitrogen and oxygen atoms in total. The second kappa shape index (κ2) is 4.95. The van der Waals surface area contributed by atoms with E-state index in [0.717, 1.165) is 6.54 Å². The number of hydrogen-bond donors (Lipinski definition) is 1. The molecule has 2 heterocycles. The number of hydrogen-bond acceptors (Lipinski definition) is 2. The van der Waals surface area contributed by atoms with Gasteiger partial charge in [0.25, 0.3) is 0 Å². The maximum absolute atomic E-state index is 3.63. The molecule has 2 fully saturated rings. The first-order valence-electron chi connectivity index (χ1n) is 6.85. The Balaban J connectivity index is 1.65. The Hall–Kier alpha value is -0.380. The summed E-state index contributed by atoms with van der Waals surface area (Å²) in [4.78, 5) is 2.62. The van der Waals surface area contributed by atoms with Gasteiger partial charge in [-0.3, -0.25) is 4.90 Å². The fourth-order valence-corrected chi connectivity index (χ4v) is 3.73. The third-order valence-electron chi connectivity index (χ3n) is 4.49. The summed E-state index contributed by atoms with van der Waals surface area (Å²) in [5.74, 6) is 0. The highest BCUT2D eigenvalue weighted by atomic mass is 79.9. The summed E-state index contributed by atoms with van der Waals surface area (Å²) in [6, 6.07) is 6.74. The van der Waals surface area contributed by atoms with E-state index in [1.165, 1.54) is 54.6 Å². The zero-order valence-electron chi connectivity index (χ0n) is 11.0. The maximum Gasteiger partial charge on any atom is 0.0234 e. The molecule has 0 aliphatic carbocycles. The van der Waals surface area contributed by atoms with Gasteiger partial charge in [-0.15, -0.1) is 0 Å². The lowest BCUT2D eigenvalue weighted by molar-refractivity contribution is 0.268. The second-order valence-electron chi connectivity index (χ2n) is 5.97. The zero-order valence-corrected chi connectivity index (χ0v) is 12.6. The van der Waals surface area contributed by atoms with Crippen molar-refractivity contribution in [3.63, 3.8) is 0 Å². The minimum Gasteiger partial charge on any atom is -0.316 e. The predicted octanol–water partition coefficient (Wildman–Crippen LogP) is 2.94. The van der Waals surface area contributed by atoms with Crippen molar-refractivity contribution in [3.05, 3.63) is 33.8 Å². The number of rotatable bonds is 2. The summed E-state index contributed by atoms with van der Waals surface area (Å²) in [7, 11) is 0. The Morgan fingerprint density at radius 2 is 2.28 bits per heavy atom. The average Bonchev–Trinajstić information content (AvgIpc) is 2.96. The second-order valence-corrected chi connectivity index (χ2v) is 6.83. The van der Waals surface area contributed by atoms with E-state index in [-0.39, 0.29) is 0 Å². The highest BCUT2D eigenvalue weighted by Crippen LogP contribution is 2.36. The van der Waals surface area contributed by atoms with Crippen molar-refractivity contribution in [3.8, 4) is 0 Å². The van der Waals surface area contributed by atoms with Crippen molar-refractivity contribution < 1.29 is 0 Å². The average molecular weight is 309 g/mol. The quantitative estimate of drug-likeness (QED) is 0.903. The molecule has 0 saturated carbocycles. The molecule has 1 atom stereocenters. The van der Waals surface area contributed by atoms with Crippen molar-refractivity contribution in [2.24, 2.45) is 5.41 Å². The molecule has 2 aliphatic rings. The summed E-state index contributed by atoms with van der Waals surface area (Å²) in [5, 5.41) is 3.52. The third-order valence-corrected chi connectivity index (χ3v) is 5.35. The number of nitrogens with zero attached hydrogens (tertiary/aromatic N) is 1. The summed E-state index contributed by atoms with van der Waals surface area (Å²) >= 11 is 3.63. The minimum absolute atomic E-state index is 0.585. The fourth-order valence-electron chi connectivity index (χ4n) is 3.30. The first-order chi connectivity index (χ1) is 8.67. The van der Waals surface area contributed by atoms with Gasteiger partial charge in [0.1, 0.15) is 0 Å². The molecule has 0 amide bonds. The van der Waals surface area contributed by atoms with Crippen LogP contribution in [-0.2, 0) is 6.54 Å². The van der Waals surface area contributed by atoms with Gasteiger partial charge in [-0.05, 0) is 55.5 Å². The van der Waals surface area contributed by atoms with E-state index in [2.05, 4.69) is 51.3 Å². The monoisotopic (exact) mass is 308 g/mol. The van der Waals surface area contributed by atoms with E-state index in [1.807, 2.05) is 0 Å². The predicted molar refractivity (Wildman–Crippen MR) is 78.7 cm³/mol. The van der Waals surface area contributed by atoms with Crippen molar-refractivity contribution >= 4 is 15.9 Å². The van der Waals surface area contributed by atoms with Crippen molar-refractivity contribution in [1.82, 2.24) is 10.2 Å². The Morgan fingerprint density at radius 3 is 3.00 bits per heavy atom. The van der Waals surface area contributed by atoms with Gasteiger partial charge in [-0.25, -0.2) is 0 Å². The van der Waals surface area contributed by atoms with Crippen LogP contribution in [0.2, 0.25) is 0 Å². The van der Waals surface area contributed by atoms with E-state index >= 15 is 0 Å². The van der Waals surface area contributed by atoms with Crippen LogP contribution in [0.3, 0.4) is 0 Å². The van der Waals surface area contributed by atoms with Crippen LogP contribution in [0.25, 0.3) is 0 Å². The smallest absolute Gasteiger partial charge is 0.0234 e. The first kappa shape index (κ1) is 12.6. The number of halogens is 1. The van der Waals surface area contributed by atoms with E-state index in [9.17, 15) is 0 Å². The lowest BCUT2D eigenvalue weighted by Gasteiger charge is -2.23. The van der Waals surface area contributed by atoms with Crippen LogP contribution in [0.5, 0.6) is 0 Å². The molecule has 0 radical (unpaired) electrons. The van der Waals surface area contributed by atoms with Crippen LogP contribution in [-0.4, -0.2) is 31.1 Å². The van der Waals surface area contributed by atoms with Crippen molar-refractivity contribution in [1.29, 1.82) is 0 Å². The number of likely N-dealkylation sites (tertiary alicyclic amines) is 1. The standard InChI is InChI=1S/C15H21BrN2/c1-12-2-3-13(8-14(12)16)9-18-7-5-15(11-18)4-6-17-10-15/h2-3,8,17H,4-7,9-11H2,1H3. The summed E-state index contributed by atoms with van der Waals surface area (Å²) < 4.78 is 1.23. The number of aryl methyl sites for hydroxylation is 1. The topological polar surface area (TPSA) is 15.3 Å². The van der Waals surface area contributed by atoms with Gasteiger partial charge >= 0.3 is 0 Å². The lowest BCUT2D eigenvalue weighted by atomic mass is 9.86. The molecule has 3 rings (SSSR count). The van der Waals surface area contributed by atoms with Gasteiger partial charge < -0.3 is 5.32 Å². The molecule has 0 bridgehead atoms. The molecule has 1 aromatic rings. The van der Waals surface area contributed by atoms with Crippen LogP contribution in [0.4, 0.5) is 0 Å². The highest BCUT2D eigenvalue weighted by molar-refractivity contribution is 9.10. The molecule has 3 heteroatoms. The molecule has 0 aromatic heterocycles. The van der Waals surface area contributed by atoms with Crippen LogP contribution in [0, 0.1) is 12.3 Å². The zero-order chi connectivity index (χ0) is 12.6. The molecule has 1 N–H and O–H groups in total. The fraction of sp³-hybridized carbons (Fsp3) is 0.600. The molecule has 2 saturated heterocycles. The van der Waals surface area contributed by atoms with Crippen LogP contribution in [0.1, 0.15) is 24.0 Å². The van der Waals surface area contributed by atoms with Gasteiger partial charge in [-0.2, -0.15) is 0 Å². The molecule has 1 spiro atoms. The number of benzene rings is 1. The highest BCUT2D eigenvalue weighted by Gasteiger charge is 2.39. The third kappa shape index (κ3) is 2.49. The SMILES string of the molecule is Cc1ccc(CN2CCC3(CCNC3)C2)cc1Br. The van der Waals surface area contributed by atoms with Crippen molar-refractivity contribution in [2.75, 3.05) is 26.2 Å².